The fraction of sp³-hybridized carbons (Fsp3) is 0.167. The number of nitriles is 1. The molecule has 20 heavy (non-hydrogen) atoms. The van der Waals surface area contributed by atoms with Crippen LogP contribution in [0.25, 0.3) is 0 Å². The van der Waals surface area contributed by atoms with E-state index in [0.29, 0.717) is 5.76 Å². The molecule has 0 unspecified atom stereocenters. The molecule has 0 radical (unpaired) electrons. The van der Waals surface area contributed by atoms with E-state index in [1.165, 1.54) is 18.2 Å². The molecule has 8 heteroatoms. The molecule has 2 aromatic rings. The van der Waals surface area contributed by atoms with Crippen LogP contribution in [0, 0.1) is 24.1 Å². The van der Waals surface area contributed by atoms with Crippen LogP contribution in [0.1, 0.15) is 17.0 Å². The second-order valence-corrected chi connectivity index (χ2v) is 5.82. The molecule has 0 saturated carbocycles. The number of nitrogens with one attached hydrogen (secondary N) is 1. The lowest BCUT2D eigenvalue weighted by Gasteiger charge is -2.07. The molecular weight excluding hydrogens is 285 g/mol. The van der Waals surface area contributed by atoms with E-state index in [4.69, 9.17) is 9.78 Å². The van der Waals surface area contributed by atoms with Crippen molar-refractivity contribution in [1.82, 2.24) is 5.16 Å². The van der Waals surface area contributed by atoms with Crippen LogP contribution in [0.2, 0.25) is 0 Å². The molecule has 1 N–H and O–H groups in total. The summed E-state index contributed by atoms with van der Waals surface area (Å²) in [5.41, 5.74) is 0.117. The van der Waals surface area contributed by atoms with E-state index in [-0.39, 0.29) is 16.9 Å². The molecule has 2 rings (SSSR count). The normalized spacial score (nSPS) is 11.1. The maximum atomic E-state index is 13.6. The number of hydrogen-bond donors (Lipinski definition) is 1. The highest BCUT2D eigenvalue weighted by Crippen LogP contribution is 2.18. The molecule has 0 amide bonds. The van der Waals surface area contributed by atoms with Crippen molar-refractivity contribution < 1.29 is 17.3 Å². The van der Waals surface area contributed by atoms with Crippen molar-refractivity contribution in [2.75, 3.05) is 4.72 Å². The zero-order valence-corrected chi connectivity index (χ0v) is 11.2. The molecule has 0 fully saturated rings. The van der Waals surface area contributed by atoms with Gasteiger partial charge in [-0.25, -0.2) is 12.8 Å². The first-order valence-electron chi connectivity index (χ1n) is 5.52. The van der Waals surface area contributed by atoms with Gasteiger partial charge in [0.2, 0.25) is 10.0 Å². The lowest BCUT2D eigenvalue weighted by molar-refractivity contribution is 0.392. The minimum atomic E-state index is -3.81. The van der Waals surface area contributed by atoms with Gasteiger partial charge in [0.15, 0.2) is 0 Å². The molecule has 6 nitrogen and oxygen atoms in total. The molecule has 1 heterocycles. The SMILES string of the molecule is Cc1cc(CS(=O)(=O)Nc2ccc(C#N)cc2F)no1. The van der Waals surface area contributed by atoms with Crippen molar-refractivity contribution in [3.05, 3.63) is 47.1 Å². The van der Waals surface area contributed by atoms with E-state index < -0.39 is 21.6 Å². The summed E-state index contributed by atoms with van der Waals surface area (Å²) in [4.78, 5) is 0. The molecule has 0 spiro atoms. The number of hydrogen-bond acceptors (Lipinski definition) is 5. The number of aromatic nitrogens is 1. The van der Waals surface area contributed by atoms with Crippen LogP contribution in [-0.2, 0) is 15.8 Å². The third-order valence-electron chi connectivity index (χ3n) is 2.38. The fourth-order valence-corrected chi connectivity index (χ4v) is 2.65. The van der Waals surface area contributed by atoms with Gasteiger partial charge in [0.1, 0.15) is 23.0 Å². The Bertz CT molecular complexity index is 777. The molecule has 1 aromatic heterocycles. The van der Waals surface area contributed by atoms with Gasteiger partial charge < -0.3 is 4.52 Å². The summed E-state index contributed by atoms with van der Waals surface area (Å²) in [7, 11) is -3.81. The highest BCUT2D eigenvalue weighted by atomic mass is 32.2. The first-order valence-corrected chi connectivity index (χ1v) is 7.17. The van der Waals surface area contributed by atoms with Crippen molar-refractivity contribution >= 4 is 15.7 Å². The van der Waals surface area contributed by atoms with E-state index in [0.717, 1.165) is 6.07 Å². The number of sulfonamides is 1. The average Bonchev–Trinajstić information content (AvgIpc) is 2.76. The number of aryl methyl sites for hydroxylation is 1. The third kappa shape index (κ3) is 3.33. The van der Waals surface area contributed by atoms with E-state index in [9.17, 15) is 12.8 Å². The summed E-state index contributed by atoms with van der Waals surface area (Å²) >= 11 is 0. The van der Waals surface area contributed by atoms with Gasteiger partial charge in [-0.15, -0.1) is 0 Å². The summed E-state index contributed by atoms with van der Waals surface area (Å²) in [6.45, 7) is 1.64. The molecule has 0 saturated heterocycles. The number of benzene rings is 1. The molecule has 0 aliphatic carbocycles. The van der Waals surface area contributed by atoms with Gasteiger partial charge in [0, 0.05) is 6.07 Å². The monoisotopic (exact) mass is 295 g/mol. The number of nitrogens with zero attached hydrogens (tertiary/aromatic N) is 2. The Balaban J connectivity index is 2.18. The van der Waals surface area contributed by atoms with E-state index in [2.05, 4.69) is 9.88 Å². The van der Waals surface area contributed by atoms with Crippen LogP contribution in [-0.4, -0.2) is 13.6 Å². The standard InChI is InChI=1S/C12H10FN3O3S/c1-8-4-10(15-19-8)7-20(17,18)16-12-3-2-9(6-14)5-11(12)13/h2-5,16H,7H2,1H3. The van der Waals surface area contributed by atoms with E-state index >= 15 is 0 Å². The zero-order valence-electron chi connectivity index (χ0n) is 10.4. The molecule has 0 aliphatic heterocycles. The Morgan fingerprint density at radius 3 is 2.75 bits per heavy atom. The van der Waals surface area contributed by atoms with Gasteiger partial charge in [0.05, 0.1) is 17.3 Å². The summed E-state index contributed by atoms with van der Waals surface area (Å²) in [5.74, 6) is -0.757. The van der Waals surface area contributed by atoms with Crippen molar-refractivity contribution in [2.45, 2.75) is 12.7 Å². The van der Waals surface area contributed by atoms with Crippen LogP contribution in [0.15, 0.2) is 28.8 Å². The van der Waals surface area contributed by atoms with Crippen molar-refractivity contribution in [3.63, 3.8) is 0 Å². The van der Waals surface area contributed by atoms with Crippen LogP contribution in [0.5, 0.6) is 0 Å². The van der Waals surface area contributed by atoms with Gasteiger partial charge in [-0.3, -0.25) is 4.72 Å². The number of halogens is 1. The Hall–Kier alpha value is -2.40. The number of anilines is 1. The maximum absolute atomic E-state index is 13.6. The molecule has 1 aromatic carbocycles. The van der Waals surface area contributed by atoms with Crippen LogP contribution in [0.4, 0.5) is 10.1 Å². The molecular formula is C12H10FN3O3S. The Labute approximate surface area is 114 Å². The van der Waals surface area contributed by atoms with Gasteiger partial charge in [-0.2, -0.15) is 5.26 Å². The second kappa shape index (κ2) is 5.30. The third-order valence-corrected chi connectivity index (χ3v) is 3.59. The Morgan fingerprint density at radius 1 is 1.45 bits per heavy atom. The predicted octanol–water partition coefficient (Wildman–Crippen LogP) is 1.94. The summed E-state index contributed by atoms with van der Waals surface area (Å²) in [5, 5.41) is 12.2. The quantitative estimate of drug-likeness (QED) is 0.929. The van der Waals surface area contributed by atoms with Crippen molar-refractivity contribution in [2.24, 2.45) is 0 Å². The minimum absolute atomic E-state index is 0.109. The molecule has 0 bridgehead atoms. The summed E-state index contributed by atoms with van der Waals surface area (Å²) in [6, 6.07) is 6.71. The highest BCUT2D eigenvalue weighted by molar-refractivity contribution is 7.91. The first kappa shape index (κ1) is 14.0. The van der Waals surface area contributed by atoms with Gasteiger partial charge in [0.25, 0.3) is 0 Å². The summed E-state index contributed by atoms with van der Waals surface area (Å²) in [6.07, 6.45) is 0. The smallest absolute Gasteiger partial charge is 0.238 e. The van der Waals surface area contributed by atoms with Gasteiger partial charge in [-0.05, 0) is 25.1 Å². The van der Waals surface area contributed by atoms with Crippen molar-refractivity contribution in [1.29, 1.82) is 5.26 Å². The topological polar surface area (TPSA) is 96.0 Å². The van der Waals surface area contributed by atoms with Crippen LogP contribution >= 0.6 is 0 Å². The Kier molecular flexibility index (Phi) is 3.72. The average molecular weight is 295 g/mol. The first-order chi connectivity index (χ1) is 9.39. The molecule has 0 aliphatic rings. The van der Waals surface area contributed by atoms with Crippen molar-refractivity contribution in [3.8, 4) is 6.07 Å². The lowest BCUT2D eigenvalue weighted by Crippen LogP contribution is -2.16. The molecule has 104 valence electrons. The predicted molar refractivity (Wildman–Crippen MR) is 68.6 cm³/mol. The molecule has 0 atom stereocenters. The van der Waals surface area contributed by atoms with Crippen LogP contribution in [0.3, 0.4) is 0 Å². The summed E-state index contributed by atoms with van der Waals surface area (Å²) < 4.78 is 44.2. The maximum Gasteiger partial charge on any atom is 0.238 e. The number of rotatable bonds is 4. The van der Waals surface area contributed by atoms with E-state index in [1.54, 1.807) is 13.0 Å². The van der Waals surface area contributed by atoms with E-state index in [1.807, 2.05) is 0 Å². The fourth-order valence-electron chi connectivity index (χ4n) is 1.55. The minimum Gasteiger partial charge on any atom is -0.361 e. The lowest BCUT2D eigenvalue weighted by atomic mass is 10.2. The largest absolute Gasteiger partial charge is 0.361 e. The Morgan fingerprint density at radius 2 is 2.20 bits per heavy atom. The highest BCUT2D eigenvalue weighted by Gasteiger charge is 2.16. The second-order valence-electron chi connectivity index (χ2n) is 4.10. The van der Waals surface area contributed by atoms with Gasteiger partial charge >= 0.3 is 0 Å². The van der Waals surface area contributed by atoms with Gasteiger partial charge in [-0.1, -0.05) is 5.16 Å². The van der Waals surface area contributed by atoms with Crippen LogP contribution < -0.4 is 4.72 Å². The zero-order chi connectivity index (χ0) is 14.8.